The molecule has 2 aliphatic rings. The normalized spacial score (nSPS) is 30.4. The van der Waals surface area contributed by atoms with Crippen molar-refractivity contribution in [2.45, 2.75) is 44.7 Å². The van der Waals surface area contributed by atoms with E-state index < -0.39 is 5.79 Å². The highest BCUT2D eigenvalue weighted by atomic mass is 16.7. The fraction of sp³-hybridized carbons (Fsp3) is 0.588. The average Bonchev–Trinajstić information content (AvgIpc) is 2.86. The Morgan fingerprint density at radius 1 is 1.32 bits per heavy atom. The Bertz CT molecular complexity index is 531. The number of aliphatic hydroxyl groups is 1. The molecule has 1 aromatic carbocycles. The van der Waals surface area contributed by atoms with E-state index >= 15 is 0 Å². The Morgan fingerprint density at radius 3 is 2.64 bits per heavy atom. The zero-order valence-corrected chi connectivity index (χ0v) is 13.1. The molecule has 2 aliphatic heterocycles. The summed E-state index contributed by atoms with van der Waals surface area (Å²) in [6.45, 7) is 4.85. The summed E-state index contributed by atoms with van der Waals surface area (Å²) < 4.78 is 11.6. The topological polar surface area (TPSA) is 59.0 Å². The number of benzene rings is 1. The van der Waals surface area contributed by atoms with Gasteiger partial charge in [0.05, 0.1) is 18.6 Å². The molecule has 0 aromatic heterocycles. The summed E-state index contributed by atoms with van der Waals surface area (Å²) in [5.74, 6) is -0.682. The van der Waals surface area contributed by atoms with E-state index in [1.54, 1.807) is 0 Å². The summed E-state index contributed by atoms with van der Waals surface area (Å²) in [4.78, 5) is 14.3. The number of nitrogens with zero attached hydrogens (tertiary/aromatic N) is 1. The lowest BCUT2D eigenvalue weighted by molar-refractivity contribution is -0.181. The first-order valence-corrected chi connectivity index (χ1v) is 7.79. The second-order valence-corrected chi connectivity index (χ2v) is 6.43. The molecule has 1 N–H and O–H groups in total. The van der Waals surface area contributed by atoms with Crippen LogP contribution in [-0.2, 0) is 20.8 Å². The van der Waals surface area contributed by atoms with Crippen molar-refractivity contribution >= 4 is 5.91 Å². The average molecular weight is 305 g/mol. The van der Waals surface area contributed by atoms with Gasteiger partial charge in [0, 0.05) is 13.2 Å². The summed E-state index contributed by atoms with van der Waals surface area (Å²) in [6.07, 6.45) is 0.350. The summed E-state index contributed by atoms with van der Waals surface area (Å²) in [6, 6.07) is 9.90. The number of carbonyl (C=O) groups excluding carboxylic acids is 1. The zero-order chi connectivity index (χ0) is 15.7. The first-order chi connectivity index (χ1) is 10.5. The van der Waals surface area contributed by atoms with Crippen molar-refractivity contribution < 1.29 is 19.4 Å². The molecule has 5 heteroatoms. The van der Waals surface area contributed by atoms with Crippen molar-refractivity contribution in [3.8, 4) is 0 Å². The fourth-order valence-electron chi connectivity index (χ4n) is 3.38. The number of likely N-dealkylation sites (tertiary alicyclic amines) is 1. The van der Waals surface area contributed by atoms with Crippen LogP contribution in [0.15, 0.2) is 30.3 Å². The Hall–Kier alpha value is -1.43. The molecular formula is C17H23NO4. The molecule has 0 bridgehead atoms. The second-order valence-electron chi connectivity index (χ2n) is 6.43. The maximum atomic E-state index is 12.4. The number of ether oxygens (including phenoxy) is 2. The molecule has 2 fully saturated rings. The number of β-lactam (4-membered cyclic amide) rings is 1. The van der Waals surface area contributed by atoms with Crippen LogP contribution in [0.3, 0.4) is 0 Å². The van der Waals surface area contributed by atoms with Gasteiger partial charge in [0.2, 0.25) is 5.91 Å². The van der Waals surface area contributed by atoms with Crippen LogP contribution in [-0.4, -0.2) is 47.1 Å². The van der Waals surface area contributed by atoms with E-state index in [4.69, 9.17) is 9.47 Å². The highest BCUT2D eigenvalue weighted by Crippen LogP contribution is 2.38. The molecule has 2 heterocycles. The van der Waals surface area contributed by atoms with Crippen molar-refractivity contribution in [2.24, 2.45) is 5.92 Å². The van der Waals surface area contributed by atoms with Crippen molar-refractivity contribution in [3.63, 3.8) is 0 Å². The summed E-state index contributed by atoms with van der Waals surface area (Å²) in [5.41, 5.74) is 1.10. The quantitative estimate of drug-likeness (QED) is 0.839. The van der Waals surface area contributed by atoms with Crippen LogP contribution in [0.1, 0.15) is 25.8 Å². The maximum absolute atomic E-state index is 12.4. The largest absolute Gasteiger partial charge is 0.396 e. The molecule has 1 amide bonds. The molecule has 22 heavy (non-hydrogen) atoms. The van der Waals surface area contributed by atoms with Crippen LogP contribution in [0, 0.1) is 5.92 Å². The molecule has 0 spiro atoms. The summed E-state index contributed by atoms with van der Waals surface area (Å²) >= 11 is 0. The maximum Gasteiger partial charge on any atom is 0.228 e. The van der Waals surface area contributed by atoms with Crippen molar-refractivity contribution in [1.82, 2.24) is 4.90 Å². The van der Waals surface area contributed by atoms with Gasteiger partial charge in [-0.2, -0.15) is 0 Å². The highest BCUT2D eigenvalue weighted by Gasteiger charge is 2.53. The van der Waals surface area contributed by atoms with Crippen LogP contribution >= 0.6 is 0 Å². The smallest absolute Gasteiger partial charge is 0.228 e. The number of aliphatic hydroxyl groups excluding tert-OH is 1. The summed E-state index contributed by atoms with van der Waals surface area (Å²) in [7, 11) is 0. The zero-order valence-electron chi connectivity index (χ0n) is 13.1. The molecule has 2 saturated heterocycles. The van der Waals surface area contributed by atoms with Gasteiger partial charge in [0.25, 0.3) is 0 Å². The lowest BCUT2D eigenvalue weighted by Crippen LogP contribution is -2.65. The first kappa shape index (κ1) is 15.5. The molecule has 0 unspecified atom stereocenters. The third-order valence-electron chi connectivity index (χ3n) is 4.42. The molecule has 120 valence electrons. The number of hydrogen-bond acceptors (Lipinski definition) is 4. The minimum atomic E-state index is -0.606. The third kappa shape index (κ3) is 2.89. The number of amides is 1. The van der Waals surface area contributed by atoms with Gasteiger partial charge in [-0.05, 0) is 25.8 Å². The fourth-order valence-corrected chi connectivity index (χ4v) is 3.38. The van der Waals surface area contributed by atoms with Gasteiger partial charge in [-0.25, -0.2) is 0 Å². The number of hydrogen-bond donors (Lipinski definition) is 1. The van der Waals surface area contributed by atoms with E-state index in [2.05, 4.69) is 0 Å². The molecular weight excluding hydrogens is 282 g/mol. The highest BCUT2D eigenvalue weighted by molar-refractivity contribution is 5.86. The van der Waals surface area contributed by atoms with Gasteiger partial charge in [0.15, 0.2) is 5.79 Å². The standard InChI is InChI=1S/C17H23NO4/c1-17(2)21-11-14(22-17)15-13(8-9-19)16(20)18(15)10-12-6-4-3-5-7-12/h3-7,13-15,19H,8-11H2,1-2H3/t13-,14+,15-/m0/s1. The Kier molecular flexibility index (Phi) is 4.21. The molecule has 0 saturated carbocycles. The van der Waals surface area contributed by atoms with Crippen LogP contribution in [0.2, 0.25) is 0 Å². The lowest BCUT2D eigenvalue weighted by Gasteiger charge is -2.49. The van der Waals surface area contributed by atoms with E-state index in [0.29, 0.717) is 19.6 Å². The monoisotopic (exact) mass is 305 g/mol. The van der Waals surface area contributed by atoms with Gasteiger partial charge in [0.1, 0.15) is 6.10 Å². The third-order valence-corrected chi connectivity index (χ3v) is 4.42. The van der Waals surface area contributed by atoms with Gasteiger partial charge in [-0.1, -0.05) is 30.3 Å². The molecule has 3 atom stereocenters. The van der Waals surface area contributed by atoms with Crippen LogP contribution < -0.4 is 0 Å². The van der Waals surface area contributed by atoms with E-state index in [0.717, 1.165) is 5.56 Å². The van der Waals surface area contributed by atoms with Gasteiger partial charge < -0.3 is 19.5 Å². The van der Waals surface area contributed by atoms with Crippen LogP contribution in [0.5, 0.6) is 0 Å². The Morgan fingerprint density at radius 2 is 2.05 bits per heavy atom. The molecule has 0 radical (unpaired) electrons. The first-order valence-electron chi connectivity index (χ1n) is 7.79. The summed E-state index contributed by atoms with van der Waals surface area (Å²) in [5, 5.41) is 9.22. The Labute approximate surface area is 130 Å². The Balaban J connectivity index is 1.75. The lowest BCUT2D eigenvalue weighted by atomic mass is 9.81. The van der Waals surface area contributed by atoms with Gasteiger partial charge in [-0.3, -0.25) is 4.79 Å². The van der Waals surface area contributed by atoms with Crippen LogP contribution in [0.25, 0.3) is 0 Å². The second kappa shape index (κ2) is 5.99. The van der Waals surface area contributed by atoms with Crippen molar-refractivity contribution in [3.05, 3.63) is 35.9 Å². The van der Waals surface area contributed by atoms with E-state index in [-0.39, 0.29) is 30.6 Å². The van der Waals surface area contributed by atoms with E-state index in [1.807, 2.05) is 49.1 Å². The van der Waals surface area contributed by atoms with E-state index in [9.17, 15) is 9.90 Å². The SMILES string of the molecule is CC1(C)OC[C@H]([C@@H]2[C@H](CCO)C(=O)N2Cc2ccccc2)O1. The molecule has 0 aliphatic carbocycles. The minimum absolute atomic E-state index is 0.0169. The van der Waals surface area contributed by atoms with Crippen molar-refractivity contribution in [1.29, 1.82) is 0 Å². The number of carbonyl (C=O) groups is 1. The number of rotatable bonds is 5. The van der Waals surface area contributed by atoms with Crippen LogP contribution in [0.4, 0.5) is 0 Å². The van der Waals surface area contributed by atoms with Gasteiger partial charge in [-0.15, -0.1) is 0 Å². The minimum Gasteiger partial charge on any atom is -0.396 e. The van der Waals surface area contributed by atoms with Gasteiger partial charge >= 0.3 is 0 Å². The van der Waals surface area contributed by atoms with Crippen molar-refractivity contribution in [2.75, 3.05) is 13.2 Å². The van der Waals surface area contributed by atoms with E-state index in [1.165, 1.54) is 0 Å². The molecule has 5 nitrogen and oxygen atoms in total. The molecule has 3 rings (SSSR count). The predicted octanol–water partition coefficient (Wildman–Crippen LogP) is 1.55. The predicted molar refractivity (Wildman–Crippen MR) is 80.9 cm³/mol. The molecule has 1 aromatic rings.